The van der Waals surface area contributed by atoms with Gasteiger partial charge in [0.1, 0.15) is 11.3 Å². The lowest BCUT2D eigenvalue weighted by Gasteiger charge is -2.46. The van der Waals surface area contributed by atoms with Gasteiger partial charge >= 0.3 is 0 Å². The third-order valence-corrected chi connectivity index (χ3v) is 7.85. The molecule has 10 heteroatoms. The van der Waals surface area contributed by atoms with Gasteiger partial charge in [-0.1, -0.05) is 41.9 Å². The molecule has 0 saturated carbocycles. The Kier molecular flexibility index (Phi) is 7.66. The number of nitrogens with zero attached hydrogens (tertiary/aromatic N) is 2. The Balaban J connectivity index is 1.91. The molecule has 0 bridgehead atoms. The van der Waals surface area contributed by atoms with Gasteiger partial charge in [0.15, 0.2) is 0 Å². The molecule has 2 aromatic carbocycles. The number of sulfonamides is 1. The van der Waals surface area contributed by atoms with Crippen LogP contribution in [0.1, 0.15) is 25.0 Å². The van der Waals surface area contributed by atoms with E-state index in [1.54, 1.807) is 44.4 Å². The normalized spacial score (nSPS) is 19.4. The largest absolute Gasteiger partial charge is 0.496 e. The highest BCUT2D eigenvalue weighted by atomic mass is 35.5. The molecule has 0 aromatic heterocycles. The molecule has 1 atom stereocenters. The summed E-state index contributed by atoms with van der Waals surface area (Å²) in [7, 11) is -2.13. The van der Waals surface area contributed by atoms with Crippen molar-refractivity contribution in [3.8, 4) is 5.75 Å². The Morgan fingerprint density at radius 3 is 2.48 bits per heavy atom. The number of benzene rings is 2. The first-order valence-corrected chi connectivity index (χ1v) is 12.5. The topological polar surface area (TPSA) is 96.0 Å². The summed E-state index contributed by atoms with van der Waals surface area (Å²) in [5, 5.41) is 3.42. The standard InChI is InChI=1S/C23H28ClN3O5S/c1-4-33(30,31)26-15-21(28)27(14-17-9-11-19(24)12-10-17)23(2,16-26)22(29)25-13-18-7-5-6-8-20(18)32-3/h5-12H,4,13-16H2,1-3H3,(H,25,29)/t23-/m0/s1. The second-order valence-corrected chi connectivity index (χ2v) is 10.7. The zero-order chi connectivity index (χ0) is 24.2. The fourth-order valence-corrected chi connectivity index (χ4v) is 5.07. The lowest BCUT2D eigenvalue weighted by atomic mass is 9.94. The minimum Gasteiger partial charge on any atom is -0.496 e. The Morgan fingerprint density at radius 1 is 1.18 bits per heavy atom. The van der Waals surface area contributed by atoms with E-state index in [0.29, 0.717) is 10.8 Å². The van der Waals surface area contributed by atoms with Crippen LogP contribution in [0.4, 0.5) is 0 Å². The van der Waals surface area contributed by atoms with Crippen molar-refractivity contribution < 1.29 is 22.7 Å². The average Bonchev–Trinajstić information content (AvgIpc) is 2.81. The van der Waals surface area contributed by atoms with Gasteiger partial charge in [-0.25, -0.2) is 8.42 Å². The van der Waals surface area contributed by atoms with Gasteiger partial charge in [0, 0.05) is 30.2 Å². The Morgan fingerprint density at radius 2 is 1.85 bits per heavy atom. The number of nitrogens with one attached hydrogen (secondary N) is 1. The van der Waals surface area contributed by atoms with Crippen LogP contribution in [0.5, 0.6) is 5.75 Å². The van der Waals surface area contributed by atoms with E-state index in [1.807, 2.05) is 18.2 Å². The number of piperazine rings is 1. The van der Waals surface area contributed by atoms with Gasteiger partial charge in [-0.2, -0.15) is 4.31 Å². The van der Waals surface area contributed by atoms with Gasteiger partial charge in [0.05, 0.1) is 19.4 Å². The molecule has 2 aromatic rings. The zero-order valence-corrected chi connectivity index (χ0v) is 20.4. The molecule has 33 heavy (non-hydrogen) atoms. The van der Waals surface area contributed by atoms with Gasteiger partial charge < -0.3 is 15.0 Å². The van der Waals surface area contributed by atoms with Crippen LogP contribution >= 0.6 is 11.6 Å². The highest BCUT2D eigenvalue weighted by Gasteiger charge is 2.49. The SMILES string of the molecule is CCS(=O)(=O)N1CC(=O)N(Cc2ccc(Cl)cc2)[C@](C)(C(=O)NCc2ccccc2OC)C1. The number of methoxy groups -OCH3 is 1. The molecule has 1 saturated heterocycles. The van der Waals surface area contributed by atoms with E-state index >= 15 is 0 Å². The van der Waals surface area contributed by atoms with Crippen molar-refractivity contribution in [3.05, 3.63) is 64.7 Å². The molecule has 0 spiro atoms. The first-order chi connectivity index (χ1) is 15.6. The minimum absolute atomic E-state index is 0.139. The summed E-state index contributed by atoms with van der Waals surface area (Å²) in [4.78, 5) is 28.0. The van der Waals surface area contributed by atoms with E-state index in [9.17, 15) is 18.0 Å². The number of carbonyl (C=O) groups excluding carboxylic acids is 2. The fraction of sp³-hybridized carbons (Fsp3) is 0.391. The van der Waals surface area contributed by atoms with Crippen molar-refractivity contribution in [3.63, 3.8) is 0 Å². The quantitative estimate of drug-likeness (QED) is 0.609. The van der Waals surface area contributed by atoms with E-state index in [-0.39, 0.29) is 31.9 Å². The third-order valence-electron chi connectivity index (χ3n) is 5.83. The number of amides is 2. The molecule has 1 aliphatic heterocycles. The summed E-state index contributed by atoms with van der Waals surface area (Å²) in [6.07, 6.45) is 0. The Bertz CT molecular complexity index is 1120. The van der Waals surface area contributed by atoms with Crippen LogP contribution in [-0.2, 0) is 32.7 Å². The monoisotopic (exact) mass is 493 g/mol. The molecular weight excluding hydrogens is 466 g/mol. The summed E-state index contributed by atoms with van der Waals surface area (Å²) >= 11 is 5.97. The predicted octanol–water partition coefficient (Wildman–Crippen LogP) is 2.42. The van der Waals surface area contributed by atoms with Crippen LogP contribution in [0, 0.1) is 0 Å². The first-order valence-electron chi connectivity index (χ1n) is 10.5. The molecule has 178 valence electrons. The lowest BCUT2D eigenvalue weighted by Crippen LogP contribution is -2.69. The zero-order valence-electron chi connectivity index (χ0n) is 18.9. The third kappa shape index (κ3) is 5.48. The molecule has 1 N–H and O–H groups in total. The summed E-state index contributed by atoms with van der Waals surface area (Å²) in [5.41, 5.74) is 0.129. The second kappa shape index (κ2) is 10.1. The minimum atomic E-state index is -3.67. The van der Waals surface area contributed by atoms with Gasteiger partial charge in [0.25, 0.3) is 0 Å². The molecule has 1 heterocycles. The molecular formula is C23H28ClN3O5S. The van der Waals surface area contributed by atoms with Gasteiger partial charge in [-0.3, -0.25) is 9.59 Å². The summed E-state index contributed by atoms with van der Waals surface area (Å²) in [5.74, 6) is -0.429. The van der Waals surface area contributed by atoms with Crippen LogP contribution in [0.25, 0.3) is 0 Å². The molecule has 8 nitrogen and oxygen atoms in total. The maximum Gasteiger partial charge on any atom is 0.247 e. The second-order valence-electron chi connectivity index (χ2n) is 8.04. The Hall–Kier alpha value is -2.62. The van der Waals surface area contributed by atoms with Crippen molar-refractivity contribution in [1.29, 1.82) is 0 Å². The maximum atomic E-state index is 13.5. The van der Waals surface area contributed by atoms with Crippen LogP contribution in [0.15, 0.2) is 48.5 Å². The molecule has 0 aliphatic carbocycles. The summed E-state index contributed by atoms with van der Waals surface area (Å²) < 4.78 is 31.6. The smallest absolute Gasteiger partial charge is 0.247 e. The summed E-state index contributed by atoms with van der Waals surface area (Å²) in [6, 6.07) is 14.2. The summed E-state index contributed by atoms with van der Waals surface area (Å²) in [6.45, 7) is 2.98. The van der Waals surface area contributed by atoms with Gasteiger partial charge in [-0.15, -0.1) is 0 Å². The number of ether oxygens (including phenoxy) is 1. The van der Waals surface area contributed by atoms with E-state index in [0.717, 1.165) is 15.4 Å². The van der Waals surface area contributed by atoms with Crippen LogP contribution < -0.4 is 10.1 Å². The molecule has 2 amide bonds. The van der Waals surface area contributed by atoms with E-state index in [2.05, 4.69) is 5.32 Å². The molecule has 3 rings (SSSR count). The van der Waals surface area contributed by atoms with E-state index in [4.69, 9.17) is 16.3 Å². The highest BCUT2D eigenvalue weighted by molar-refractivity contribution is 7.89. The number of carbonyl (C=O) groups is 2. The predicted molar refractivity (Wildman–Crippen MR) is 126 cm³/mol. The van der Waals surface area contributed by atoms with Crippen molar-refractivity contribution in [2.24, 2.45) is 0 Å². The van der Waals surface area contributed by atoms with Crippen LogP contribution in [-0.4, -0.2) is 60.9 Å². The van der Waals surface area contributed by atoms with Crippen LogP contribution in [0.3, 0.4) is 0 Å². The molecule has 0 unspecified atom stereocenters. The number of para-hydroxylation sites is 1. The fourth-order valence-electron chi connectivity index (χ4n) is 3.82. The highest BCUT2D eigenvalue weighted by Crippen LogP contribution is 2.28. The van der Waals surface area contributed by atoms with E-state index in [1.165, 1.54) is 11.8 Å². The maximum absolute atomic E-state index is 13.5. The molecule has 1 fully saturated rings. The van der Waals surface area contributed by atoms with Crippen LogP contribution in [0.2, 0.25) is 5.02 Å². The average molecular weight is 494 g/mol. The van der Waals surface area contributed by atoms with Crippen molar-refractivity contribution in [2.75, 3.05) is 26.0 Å². The molecule has 0 radical (unpaired) electrons. The number of halogens is 1. The number of hydrogen-bond acceptors (Lipinski definition) is 5. The number of hydrogen-bond donors (Lipinski definition) is 1. The number of rotatable bonds is 8. The van der Waals surface area contributed by atoms with Crippen molar-refractivity contribution >= 4 is 33.4 Å². The van der Waals surface area contributed by atoms with E-state index < -0.39 is 27.4 Å². The van der Waals surface area contributed by atoms with Crippen molar-refractivity contribution in [2.45, 2.75) is 32.5 Å². The Labute approximate surface area is 199 Å². The lowest BCUT2D eigenvalue weighted by molar-refractivity contribution is -0.153. The van der Waals surface area contributed by atoms with Crippen molar-refractivity contribution in [1.82, 2.24) is 14.5 Å². The van der Waals surface area contributed by atoms with Gasteiger partial charge in [0.2, 0.25) is 21.8 Å². The molecule has 1 aliphatic rings. The van der Waals surface area contributed by atoms with Gasteiger partial charge in [-0.05, 0) is 37.6 Å². The first kappa shape index (κ1) is 25.0.